The number of hydrogen-bond donors (Lipinski definition) is 3. The summed E-state index contributed by atoms with van der Waals surface area (Å²) in [6.07, 6.45) is 0.804. The average molecular weight is 434 g/mol. The zero-order chi connectivity index (χ0) is 19.5. The van der Waals surface area contributed by atoms with E-state index in [4.69, 9.17) is 4.74 Å². The molecule has 29 heavy (non-hydrogen) atoms. The number of nitrogens with zero attached hydrogens (tertiary/aromatic N) is 2. The molecule has 0 unspecified atom stereocenters. The van der Waals surface area contributed by atoms with E-state index in [1.165, 1.54) is 0 Å². The summed E-state index contributed by atoms with van der Waals surface area (Å²) >= 11 is 1.09. The first-order chi connectivity index (χ1) is 13.7. The van der Waals surface area contributed by atoms with Crippen LogP contribution in [0.5, 0.6) is 0 Å². The average Bonchev–Trinajstić information content (AvgIpc) is 3.33. The predicted molar refractivity (Wildman–Crippen MR) is 113 cm³/mol. The lowest BCUT2D eigenvalue weighted by atomic mass is 10.1. The minimum absolute atomic E-state index is 0. The molecule has 0 atom stereocenters. The Balaban J connectivity index is 0.00000240. The molecule has 3 aromatic rings. The molecular formula is C19H20ClN5O3S. The highest BCUT2D eigenvalue weighted by molar-refractivity contribution is 7.18. The van der Waals surface area contributed by atoms with Crippen LogP contribution in [0.2, 0.25) is 0 Å². The summed E-state index contributed by atoms with van der Waals surface area (Å²) in [5.41, 5.74) is 3.46. The van der Waals surface area contributed by atoms with Gasteiger partial charge in [-0.2, -0.15) is 5.10 Å². The predicted octanol–water partition coefficient (Wildman–Crippen LogP) is 3.03. The summed E-state index contributed by atoms with van der Waals surface area (Å²) in [5, 5.41) is 13.4. The number of halogens is 1. The number of carbonyl (C=O) groups excluding carboxylic acids is 2. The smallest absolute Gasteiger partial charge is 0.350 e. The fourth-order valence-corrected chi connectivity index (χ4v) is 3.95. The van der Waals surface area contributed by atoms with Gasteiger partial charge >= 0.3 is 5.97 Å². The van der Waals surface area contributed by atoms with Crippen LogP contribution in [0.4, 0.5) is 5.13 Å². The molecule has 3 heterocycles. The van der Waals surface area contributed by atoms with E-state index in [-0.39, 0.29) is 24.9 Å². The van der Waals surface area contributed by atoms with E-state index in [2.05, 4.69) is 25.8 Å². The van der Waals surface area contributed by atoms with Crippen LogP contribution in [0, 0.1) is 0 Å². The first kappa shape index (κ1) is 21.0. The molecule has 1 aliphatic rings. The van der Waals surface area contributed by atoms with Gasteiger partial charge in [-0.05, 0) is 6.92 Å². The molecule has 10 heteroatoms. The van der Waals surface area contributed by atoms with Crippen molar-refractivity contribution in [2.75, 3.05) is 18.5 Å². The van der Waals surface area contributed by atoms with Gasteiger partial charge < -0.3 is 10.1 Å². The molecular weight excluding hydrogens is 414 g/mol. The molecule has 0 fully saturated rings. The number of rotatable bonds is 5. The third-order valence-corrected chi connectivity index (χ3v) is 5.33. The Kier molecular flexibility index (Phi) is 6.63. The molecule has 0 saturated heterocycles. The molecule has 3 N–H and O–H groups in total. The third kappa shape index (κ3) is 4.31. The van der Waals surface area contributed by atoms with Crippen molar-refractivity contribution < 1.29 is 14.3 Å². The van der Waals surface area contributed by atoms with E-state index >= 15 is 0 Å². The largest absolute Gasteiger partial charge is 0.462 e. The Morgan fingerprint density at radius 3 is 2.83 bits per heavy atom. The van der Waals surface area contributed by atoms with E-state index < -0.39 is 5.97 Å². The summed E-state index contributed by atoms with van der Waals surface area (Å²) in [4.78, 5) is 29.9. The number of aromatic amines is 1. The number of ether oxygens (including phenoxy) is 1. The van der Waals surface area contributed by atoms with E-state index in [0.717, 1.165) is 41.1 Å². The fraction of sp³-hybridized carbons (Fsp3) is 0.263. The lowest BCUT2D eigenvalue weighted by molar-refractivity contribution is 0.0532. The van der Waals surface area contributed by atoms with Crippen molar-refractivity contribution in [3.05, 3.63) is 52.2 Å². The lowest BCUT2D eigenvalue weighted by Crippen LogP contribution is -2.25. The van der Waals surface area contributed by atoms with Gasteiger partial charge in [0.05, 0.1) is 12.3 Å². The van der Waals surface area contributed by atoms with Crippen LogP contribution in [0.15, 0.2) is 30.3 Å². The second-order valence-corrected chi connectivity index (χ2v) is 7.19. The van der Waals surface area contributed by atoms with Gasteiger partial charge in [0.1, 0.15) is 4.88 Å². The molecule has 0 spiro atoms. The maximum Gasteiger partial charge on any atom is 0.350 e. The quantitative estimate of drug-likeness (QED) is 0.533. The van der Waals surface area contributed by atoms with E-state index in [1.54, 1.807) is 6.92 Å². The van der Waals surface area contributed by atoms with Crippen LogP contribution >= 0.6 is 23.7 Å². The van der Waals surface area contributed by atoms with Gasteiger partial charge in [-0.25, -0.2) is 9.78 Å². The van der Waals surface area contributed by atoms with Crippen LogP contribution in [-0.4, -0.2) is 40.2 Å². The second kappa shape index (κ2) is 9.17. The number of fused-ring (bicyclic) bond motifs is 1. The normalized spacial score (nSPS) is 12.6. The van der Waals surface area contributed by atoms with Crippen molar-refractivity contribution in [1.82, 2.24) is 20.5 Å². The van der Waals surface area contributed by atoms with Crippen molar-refractivity contribution in [3.63, 3.8) is 0 Å². The number of benzene rings is 1. The Morgan fingerprint density at radius 2 is 2.07 bits per heavy atom. The third-order valence-electron chi connectivity index (χ3n) is 4.38. The maximum absolute atomic E-state index is 12.7. The van der Waals surface area contributed by atoms with Crippen LogP contribution in [0.3, 0.4) is 0 Å². The number of amides is 1. The number of hydrogen-bond acceptors (Lipinski definition) is 7. The molecule has 0 bridgehead atoms. The first-order valence-electron chi connectivity index (χ1n) is 8.99. The highest BCUT2D eigenvalue weighted by Crippen LogP contribution is 2.32. The van der Waals surface area contributed by atoms with Crippen LogP contribution in [0.1, 0.15) is 38.3 Å². The number of aromatic nitrogens is 3. The highest BCUT2D eigenvalue weighted by atomic mass is 35.5. The number of nitrogens with one attached hydrogen (secondary N) is 3. The van der Waals surface area contributed by atoms with Crippen molar-refractivity contribution >= 4 is 40.8 Å². The maximum atomic E-state index is 12.7. The minimum atomic E-state index is -0.458. The highest BCUT2D eigenvalue weighted by Gasteiger charge is 2.25. The lowest BCUT2D eigenvalue weighted by Gasteiger charge is -2.12. The topological polar surface area (TPSA) is 109 Å². The Hall–Kier alpha value is -2.75. The molecule has 0 radical (unpaired) electrons. The van der Waals surface area contributed by atoms with Crippen molar-refractivity contribution in [1.29, 1.82) is 0 Å². The summed E-state index contributed by atoms with van der Waals surface area (Å²) in [6.45, 7) is 3.46. The summed E-state index contributed by atoms with van der Waals surface area (Å²) < 4.78 is 5.15. The molecule has 1 aromatic carbocycles. The Bertz CT molecular complexity index is 1020. The monoisotopic (exact) mass is 433 g/mol. The Morgan fingerprint density at radius 1 is 1.28 bits per heavy atom. The number of H-pyrrole nitrogens is 1. The number of carbonyl (C=O) groups is 2. The van der Waals surface area contributed by atoms with Crippen LogP contribution in [0.25, 0.3) is 11.3 Å². The summed E-state index contributed by atoms with van der Waals surface area (Å²) in [6, 6.07) is 9.34. The SMILES string of the molecule is CCOC(=O)c1sc(NC(=O)c2n[nH]c3c2CNCC3)nc1-c1ccccc1.Cl. The van der Waals surface area contributed by atoms with Gasteiger partial charge in [-0.15, -0.1) is 12.4 Å². The molecule has 8 nitrogen and oxygen atoms in total. The van der Waals surface area contributed by atoms with Gasteiger partial charge in [0.15, 0.2) is 10.8 Å². The zero-order valence-corrected chi connectivity index (χ0v) is 17.3. The first-order valence-corrected chi connectivity index (χ1v) is 9.80. The van der Waals surface area contributed by atoms with Crippen molar-refractivity contribution in [2.24, 2.45) is 0 Å². The van der Waals surface area contributed by atoms with Gasteiger partial charge in [0, 0.05) is 36.3 Å². The van der Waals surface area contributed by atoms with Gasteiger partial charge in [-0.3, -0.25) is 15.2 Å². The van der Waals surface area contributed by atoms with Gasteiger partial charge in [0.2, 0.25) is 0 Å². The van der Waals surface area contributed by atoms with Gasteiger partial charge in [0.25, 0.3) is 5.91 Å². The van der Waals surface area contributed by atoms with Crippen LogP contribution in [-0.2, 0) is 17.7 Å². The zero-order valence-electron chi connectivity index (χ0n) is 15.7. The van der Waals surface area contributed by atoms with Crippen molar-refractivity contribution in [2.45, 2.75) is 19.9 Å². The van der Waals surface area contributed by atoms with Crippen LogP contribution < -0.4 is 10.6 Å². The summed E-state index contributed by atoms with van der Waals surface area (Å²) in [5.74, 6) is -0.814. The molecule has 4 rings (SSSR count). The number of anilines is 1. The Labute approximate surface area is 177 Å². The van der Waals surface area contributed by atoms with Crippen molar-refractivity contribution in [3.8, 4) is 11.3 Å². The van der Waals surface area contributed by atoms with Gasteiger partial charge in [-0.1, -0.05) is 41.7 Å². The van der Waals surface area contributed by atoms with E-state index in [9.17, 15) is 9.59 Å². The molecule has 2 aromatic heterocycles. The number of thiazole rings is 1. The van der Waals surface area contributed by atoms with E-state index in [0.29, 0.717) is 27.9 Å². The standard InChI is InChI=1S/C19H19N5O3S.ClH/c1-2-27-18(26)16-14(11-6-4-3-5-7-11)21-19(28-16)22-17(25)15-12-10-20-9-8-13(12)23-24-15;/h3-7,20H,2,8-10H2,1H3,(H,23,24)(H,21,22,25);1H. The molecule has 1 aliphatic heterocycles. The molecule has 152 valence electrons. The molecule has 1 amide bonds. The number of esters is 1. The second-order valence-electron chi connectivity index (χ2n) is 6.19. The summed E-state index contributed by atoms with van der Waals surface area (Å²) in [7, 11) is 0. The minimum Gasteiger partial charge on any atom is -0.462 e. The molecule has 0 aliphatic carbocycles. The fourth-order valence-electron chi connectivity index (χ4n) is 3.07. The molecule has 0 saturated carbocycles. The van der Waals surface area contributed by atoms with E-state index in [1.807, 2.05) is 30.3 Å².